The molecule has 26 heavy (non-hydrogen) atoms. The van der Waals surface area contributed by atoms with Gasteiger partial charge in [-0.05, 0) is 25.3 Å². The molecule has 136 valence electrons. The summed E-state index contributed by atoms with van der Waals surface area (Å²) < 4.78 is 0. The number of carbonyl (C=O) groups is 1. The van der Waals surface area contributed by atoms with Gasteiger partial charge in [-0.1, -0.05) is 50.6 Å². The Hall–Kier alpha value is -2.47. The largest absolute Gasteiger partial charge is 0.480 e. The van der Waals surface area contributed by atoms with Crippen molar-refractivity contribution in [1.82, 2.24) is 9.97 Å². The molecule has 3 rings (SSSR count). The Kier molecular flexibility index (Phi) is 5.23. The zero-order valence-corrected chi connectivity index (χ0v) is 16.2. The molecule has 0 aliphatic heterocycles. The number of aromatic nitrogens is 2. The van der Waals surface area contributed by atoms with Gasteiger partial charge in [-0.15, -0.1) is 11.3 Å². The van der Waals surface area contributed by atoms with Crippen molar-refractivity contribution in [2.24, 2.45) is 5.92 Å². The summed E-state index contributed by atoms with van der Waals surface area (Å²) in [7, 11) is 0. The van der Waals surface area contributed by atoms with E-state index in [1.807, 2.05) is 39.0 Å². The molecule has 2 aromatic heterocycles. The van der Waals surface area contributed by atoms with Crippen LogP contribution in [0.1, 0.15) is 31.0 Å². The van der Waals surface area contributed by atoms with Gasteiger partial charge in [0.2, 0.25) is 0 Å². The second-order valence-corrected chi connectivity index (χ2v) is 7.75. The normalized spacial score (nSPS) is 13.5. The molecule has 2 N–H and O–H groups in total. The summed E-state index contributed by atoms with van der Waals surface area (Å²) in [5, 5.41) is 13.8. The summed E-state index contributed by atoms with van der Waals surface area (Å²) in [6.07, 6.45) is 0.769. The first-order valence-corrected chi connectivity index (χ1v) is 9.56. The number of thiophene rings is 1. The van der Waals surface area contributed by atoms with Crippen LogP contribution in [0.5, 0.6) is 0 Å². The molecule has 0 saturated heterocycles. The van der Waals surface area contributed by atoms with E-state index in [0.717, 1.165) is 32.6 Å². The SMILES string of the molecule is CCC(C)C(Nc1nc(C)nc2sc(C)c(-c3ccccc3)c12)C(=O)O. The third-order valence-electron chi connectivity index (χ3n) is 4.67. The Bertz CT molecular complexity index is 937. The third-order valence-corrected chi connectivity index (χ3v) is 5.67. The van der Waals surface area contributed by atoms with E-state index in [4.69, 9.17) is 0 Å². The summed E-state index contributed by atoms with van der Waals surface area (Å²) in [5.41, 5.74) is 2.16. The number of hydrogen-bond acceptors (Lipinski definition) is 5. The van der Waals surface area contributed by atoms with Crippen LogP contribution in [0.4, 0.5) is 5.82 Å². The van der Waals surface area contributed by atoms with Crippen LogP contribution in [-0.4, -0.2) is 27.1 Å². The standard InChI is InChI=1S/C20H23N3O2S/c1-5-11(2)17(20(24)25)23-18-16-15(14-9-7-6-8-10-14)12(3)26-19(16)22-13(4)21-18/h6-11,17H,5H2,1-4H3,(H,24,25)(H,21,22,23). The lowest BCUT2D eigenvalue weighted by Crippen LogP contribution is -2.35. The first-order chi connectivity index (χ1) is 12.4. The van der Waals surface area contributed by atoms with E-state index >= 15 is 0 Å². The van der Waals surface area contributed by atoms with Gasteiger partial charge in [-0.2, -0.15) is 0 Å². The number of fused-ring (bicyclic) bond motifs is 1. The van der Waals surface area contributed by atoms with Crippen molar-refractivity contribution in [3.05, 3.63) is 41.0 Å². The topological polar surface area (TPSA) is 75.1 Å². The molecule has 5 nitrogen and oxygen atoms in total. The summed E-state index contributed by atoms with van der Waals surface area (Å²) in [5.74, 6) is 0.354. The molecule has 2 heterocycles. The average molecular weight is 369 g/mol. The molecule has 2 unspecified atom stereocenters. The van der Waals surface area contributed by atoms with Gasteiger partial charge in [0.05, 0.1) is 5.39 Å². The predicted octanol–water partition coefficient (Wildman–Crippen LogP) is 4.89. The molecule has 0 amide bonds. The molecule has 0 bridgehead atoms. The van der Waals surface area contributed by atoms with Crippen molar-refractivity contribution in [3.63, 3.8) is 0 Å². The number of aliphatic carboxylic acids is 1. The van der Waals surface area contributed by atoms with Crippen LogP contribution < -0.4 is 5.32 Å². The Balaban J connectivity index is 2.20. The minimum absolute atomic E-state index is 0.0160. The van der Waals surface area contributed by atoms with E-state index in [0.29, 0.717) is 11.6 Å². The number of carboxylic acids is 1. The van der Waals surface area contributed by atoms with Gasteiger partial charge < -0.3 is 10.4 Å². The highest BCUT2D eigenvalue weighted by Crippen LogP contribution is 2.41. The molecule has 0 radical (unpaired) electrons. The zero-order chi connectivity index (χ0) is 18.8. The fraction of sp³-hybridized carbons (Fsp3) is 0.350. The number of nitrogens with one attached hydrogen (secondary N) is 1. The molecule has 0 fully saturated rings. The van der Waals surface area contributed by atoms with Crippen LogP contribution in [0.3, 0.4) is 0 Å². The summed E-state index contributed by atoms with van der Waals surface area (Å²) in [6.45, 7) is 7.83. The van der Waals surface area contributed by atoms with Gasteiger partial charge in [-0.25, -0.2) is 14.8 Å². The van der Waals surface area contributed by atoms with Crippen molar-refractivity contribution in [1.29, 1.82) is 0 Å². The molecule has 0 aliphatic rings. The van der Waals surface area contributed by atoms with Gasteiger partial charge in [0.1, 0.15) is 22.5 Å². The van der Waals surface area contributed by atoms with Crippen LogP contribution in [-0.2, 0) is 4.79 Å². The highest BCUT2D eigenvalue weighted by atomic mass is 32.1. The van der Waals surface area contributed by atoms with Gasteiger partial charge in [0, 0.05) is 10.4 Å². The minimum atomic E-state index is -0.864. The number of benzene rings is 1. The lowest BCUT2D eigenvalue weighted by molar-refractivity contribution is -0.139. The van der Waals surface area contributed by atoms with Crippen LogP contribution in [0.2, 0.25) is 0 Å². The summed E-state index contributed by atoms with van der Waals surface area (Å²) in [4.78, 5) is 22.9. The molecular formula is C20H23N3O2S. The van der Waals surface area contributed by atoms with E-state index < -0.39 is 12.0 Å². The average Bonchev–Trinajstić information content (AvgIpc) is 2.94. The third kappa shape index (κ3) is 3.42. The Morgan fingerprint density at radius 2 is 1.92 bits per heavy atom. The second kappa shape index (κ2) is 7.41. The van der Waals surface area contributed by atoms with E-state index in [1.54, 1.807) is 11.3 Å². The van der Waals surface area contributed by atoms with E-state index in [-0.39, 0.29) is 5.92 Å². The van der Waals surface area contributed by atoms with Crippen molar-refractivity contribution < 1.29 is 9.90 Å². The molecule has 2 atom stereocenters. The van der Waals surface area contributed by atoms with Crippen molar-refractivity contribution >= 4 is 33.3 Å². The monoisotopic (exact) mass is 369 g/mol. The molecule has 0 spiro atoms. The van der Waals surface area contributed by atoms with Crippen molar-refractivity contribution in [3.8, 4) is 11.1 Å². The lowest BCUT2D eigenvalue weighted by atomic mass is 9.98. The maximum absolute atomic E-state index is 11.8. The molecule has 0 aliphatic carbocycles. The first kappa shape index (κ1) is 18.3. The first-order valence-electron chi connectivity index (χ1n) is 8.74. The number of hydrogen-bond donors (Lipinski definition) is 2. The maximum Gasteiger partial charge on any atom is 0.326 e. The highest BCUT2D eigenvalue weighted by Gasteiger charge is 2.26. The molecule has 0 saturated carbocycles. The number of carboxylic acid groups (broad SMARTS) is 1. The number of aryl methyl sites for hydroxylation is 2. The predicted molar refractivity (Wildman–Crippen MR) is 107 cm³/mol. The molecule has 3 aromatic rings. The van der Waals surface area contributed by atoms with Crippen LogP contribution >= 0.6 is 11.3 Å². The van der Waals surface area contributed by atoms with Crippen LogP contribution in [0.25, 0.3) is 21.3 Å². The van der Waals surface area contributed by atoms with Gasteiger partial charge in [0.15, 0.2) is 0 Å². The van der Waals surface area contributed by atoms with E-state index in [2.05, 4.69) is 34.3 Å². The Morgan fingerprint density at radius 1 is 1.23 bits per heavy atom. The fourth-order valence-electron chi connectivity index (χ4n) is 3.11. The van der Waals surface area contributed by atoms with Crippen molar-refractivity contribution in [2.75, 3.05) is 5.32 Å². The van der Waals surface area contributed by atoms with Crippen LogP contribution in [0, 0.1) is 19.8 Å². The fourth-order valence-corrected chi connectivity index (χ4v) is 4.20. The molecule has 6 heteroatoms. The van der Waals surface area contributed by atoms with Crippen LogP contribution in [0.15, 0.2) is 30.3 Å². The highest BCUT2D eigenvalue weighted by molar-refractivity contribution is 7.19. The number of nitrogens with zero attached hydrogens (tertiary/aromatic N) is 2. The van der Waals surface area contributed by atoms with Gasteiger partial charge in [0.25, 0.3) is 0 Å². The van der Waals surface area contributed by atoms with E-state index in [1.165, 1.54) is 0 Å². The smallest absolute Gasteiger partial charge is 0.326 e. The van der Waals surface area contributed by atoms with E-state index in [9.17, 15) is 9.90 Å². The summed E-state index contributed by atoms with van der Waals surface area (Å²) >= 11 is 1.61. The Morgan fingerprint density at radius 3 is 2.54 bits per heavy atom. The van der Waals surface area contributed by atoms with Gasteiger partial charge >= 0.3 is 5.97 Å². The Labute approximate surface area is 157 Å². The molecular weight excluding hydrogens is 346 g/mol. The van der Waals surface area contributed by atoms with Gasteiger partial charge in [-0.3, -0.25) is 0 Å². The quantitative estimate of drug-likeness (QED) is 0.647. The molecule has 1 aromatic carbocycles. The maximum atomic E-state index is 11.8. The minimum Gasteiger partial charge on any atom is -0.480 e. The van der Waals surface area contributed by atoms with Crippen molar-refractivity contribution in [2.45, 2.75) is 40.2 Å². The second-order valence-electron chi connectivity index (χ2n) is 6.54. The number of rotatable bonds is 6. The zero-order valence-electron chi connectivity index (χ0n) is 15.4. The lowest BCUT2D eigenvalue weighted by Gasteiger charge is -2.21. The summed E-state index contributed by atoms with van der Waals surface area (Å²) in [6, 6.07) is 9.40. The number of anilines is 1.